The van der Waals surface area contributed by atoms with E-state index in [9.17, 15) is 9.18 Å². The van der Waals surface area contributed by atoms with Crippen molar-refractivity contribution in [2.75, 3.05) is 11.9 Å². The Morgan fingerprint density at radius 2 is 2.25 bits per heavy atom. The van der Waals surface area contributed by atoms with Gasteiger partial charge in [0.05, 0.1) is 11.1 Å². The van der Waals surface area contributed by atoms with Crippen molar-refractivity contribution in [2.45, 2.75) is 20.0 Å². The van der Waals surface area contributed by atoms with Gasteiger partial charge in [0.15, 0.2) is 0 Å². The zero-order valence-corrected chi connectivity index (χ0v) is 9.84. The van der Waals surface area contributed by atoms with E-state index in [2.05, 4.69) is 5.32 Å². The molecule has 0 aromatic heterocycles. The molecule has 1 rings (SSSR count). The molecule has 3 nitrogen and oxygen atoms in total. The van der Waals surface area contributed by atoms with E-state index in [1.165, 1.54) is 12.1 Å². The Bertz CT molecular complexity index is 382. The van der Waals surface area contributed by atoms with E-state index in [0.29, 0.717) is 5.69 Å². The number of amides is 1. The number of ether oxygens (including phenoxy) is 1. The molecule has 0 aliphatic carbocycles. The summed E-state index contributed by atoms with van der Waals surface area (Å²) in [5.41, 5.74) is 0.360. The molecule has 0 bridgehead atoms. The molecule has 0 atom stereocenters. The molecule has 0 saturated carbocycles. The largest absolute Gasteiger partial charge is 0.369 e. The van der Waals surface area contributed by atoms with Crippen molar-refractivity contribution >= 4 is 23.2 Å². The molecule has 1 N–H and O–H groups in total. The van der Waals surface area contributed by atoms with Crippen molar-refractivity contribution in [1.29, 1.82) is 0 Å². The Morgan fingerprint density at radius 3 is 2.81 bits per heavy atom. The minimum atomic E-state index is -0.566. The third-order valence-corrected chi connectivity index (χ3v) is 2.06. The van der Waals surface area contributed by atoms with Crippen LogP contribution in [-0.2, 0) is 9.53 Å². The highest BCUT2D eigenvalue weighted by Gasteiger charge is 2.06. The summed E-state index contributed by atoms with van der Waals surface area (Å²) in [4.78, 5) is 11.3. The van der Waals surface area contributed by atoms with Gasteiger partial charge in [-0.25, -0.2) is 4.39 Å². The maximum Gasteiger partial charge on any atom is 0.250 e. The van der Waals surface area contributed by atoms with E-state index < -0.39 is 5.82 Å². The fourth-order valence-electron chi connectivity index (χ4n) is 1.01. The quantitative estimate of drug-likeness (QED) is 0.886. The van der Waals surface area contributed by atoms with Crippen molar-refractivity contribution in [3.05, 3.63) is 29.0 Å². The van der Waals surface area contributed by atoms with Crippen molar-refractivity contribution < 1.29 is 13.9 Å². The molecule has 0 fully saturated rings. The van der Waals surface area contributed by atoms with E-state index in [1.54, 1.807) is 0 Å². The predicted octanol–water partition coefficient (Wildman–Crippen LogP) is 2.84. The smallest absolute Gasteiger partial charge is 0.250 e. The molecule has 0 aliphatic heterocycles. The molecular weight excluding hydrogens is 233 g/mol. The minimum absolute atomic E-state index is 0.0206. The van der Waals surface area contributed by atoms with Gasteiger partial charge in [0.25, 0.3) is 0 Å². The fourth-order valence-corrected chi connectivity index (χ4v) is 1.13. The van der Waals surface area contributed by atoms with Gasteiger partial charge in [-0.05, 0) is 32.0 Å². The Morgan fingerprint density at radius 1 is 1.56 bits per heavy atom. The van der Waals surface area contributed by atoms with Gasteiger partial charge >= 0.3 is 0 Å². The highest BCUT2D eigenvalue weighted by Crippen LogP contribution is 2.18. The molecule has 0 spiro atoms. The Balaban J connectivity index is 2.53. The van der Waals surface area contributed by atoms with Gasteiger partial charge in [-0.3, -0.25) is 4.79 Å². The van der Waals surface area contributed by atoms with Crippen LogP contribution < -0.4 is 5.32 Å². The van der Waals surface area contributed by atoms with Gasteiger partial charge in [-0.1, -0.05) is 11.6 Å². The van der Waals surface area contributed by atoms with Crippen LogP contribution in [0.2, 0.25) is 5.02 Å². The van der Waals surface area contributed by atoms with Crippen LogP contribution in [0, 0.1) is 5.82 Å². The molecular formula is C11H13ClFNO2. The summed E-state index contributed by atoms with van der Waals surface area (Å²) in [6.07, 6.45) is -0.0206. The number of benzene rings is 1. The average Bonchev–Trinajstić information content (AvgIpc) is 2.21. The molecule has 0 aliphatic rings. The second-order valence-electron chi connectivity index (χ2n) is 3.54. The average molecular weight is 246 g/mol. The Kier molecular flexibility index (Phi) is 4.71. The van der Waals surface area contributed by atoms with Crippen LogP contribution in [0.1, 0.15) is 13.8 Å². The Hall–Kier alpha value is -1.13. The lowest BCUT2D eigenvalue weighted by Gasteiger charge is -2.08. The number of halogens is 2. The van der Waals surface area contributed by atoms with E-state index in [4.69, 9.17) is 16.3 Å². The van der Waals surface area contributed by atoms with Crippen LogP contribution in [0.5, 0.6) is 0 Å². The van der Waals surface area contributed by atoms with E-state index in [-0.39, 0.29) is 23.6 Å². The standard InChI is InChI=1S/C11H13ClFNO2/c1-7(2)16-6-11(15)14-8-3-4-9(12)10(13)5-8/h3-5,7H,6H2,1-2H3,(H,14,15). The first kappa shape index (κ1) is 12.9. The molecule has 16 heavy (non-hydrogen) atoms. The lowest BCUT2D eigenvalue weighted by atomic mass is 10.3. The van der Waals surface area contributed by atoms with Gasteiger partial charge < -0.3 is 10.1 Å². The second-order valence-corrected chi connectivity index (χ2v) is 3.94. The summed E-state index contributed by atoms with van der Waals surface area (Å²) in [5, 5.41) is 2.53. The van der Waals surface area contributed by atoms with Crippen molar-refractivity contribution in [3.8, 4) is 0 Å². The summed E-state index contributed by atoms with van der Waals surface area (Å²) < 4.78 is 18.1. The Labute approximate surface area is 98.5 Å². The number of anilines is 1. The van der Waals surface area contributed by atoms with Crippen LogP contribution in [0.25, 0.3) is 0 Å². The highest BCUT2D eigenvalue weighted by molar-refractivity contribution is 6.30. The van der Waals surface area contributed by atoms with Crippen LogP contribution in [0.4, 0.5) is 10.1 Å². The maximum atomic E-state index is 13.0. The summed E-state index contributed by atoms with van der Waals surface area (Å²) in [6, 6.07) is 4.07. The topological polar surface area (TPSA) is 38.3 Å². The zero-order valence-electron chi connectivity index (χ0n) is 9.09. The molecule has 88 valence electrons. The number of carbonyl (C=O) groups excluding carboxylic acids is 1. The third kappa shape index (κ3) is 4.16. The molecule has 0 unspecified atom stereocenters. The van der Waals surface area contributed by atoms with Crippen LogP contribution in [0.15, 0.2) is 18.2 Å². The molecule has 1 amide bonds. The van der Waals surface area contributed by atoms with Crippen LogP contribution >= 0.6 is 11.6 Å². The van der Waals surface area contributed by atoms with Crippen molar-refractivity contribution in [1.82, 2.24) is 0 Å². The summed E-state index contributed by atoms with van der Waals surface area (Å²) >= 11 is 5.51. The lowest BCUT2D eigenvalue weighted by molar-refractivity contribution is -0.121. The lowest BCUT2D eigenvalue weighted by Crippen LogP contribution is -2.20. The number of rotatable bonds is 4. The monoisotopic (exact) mass is 245 g/mol. The molecule has 0 heterocycles. The van der Waals surface area contributed by atoms with E-state index in [1.807, 2.05) is 13.8 Å². The maximum absolute atomic E-state index is 13.0. The third-order valence-electron chi connectivity index (χ3n) is 1.75. The summed E-state index contributed by atoms with van der Waals surface area (Å²) in [6.45, 7) is 3.60. The second kappa shape index (κ2) is 5.82. The number of nitrogens with one attached hydrogen (secondary N) is 1. The molecule has 0 saturated heterocycles. The van der Waals surface area contributed by atoms with Crippen molar-refractivity contribution in [3.63, 3.8) is 0 Å². The summed E-state index contributed by atoms with van der Waals surface area (Å²) in [5.74, 6) is -0.889. The van der Waals surface area contributed by atoms with Gasteiger partial charge in [0, 0.05) is 5.69 Å². The first-order valence-corrected chi connectivity index (χ1v) is 5.23. The highest BCUT2D eigenvalue weighted by atomic mass is 35.5. The first-order chi connectivity index (χ1) is 7.49. The first-order valence-electron chi connectivity index (χ1n) is 4.85. The fraction of sp³-hybridized carbons (Fsp3) is 0.364. The minimum Gasteiger partial charge on any atom is -0.369 e. The number of carbonyl (C=O) groups is 1. The molecule has 0 radical (unpaired) electrons. The van der Waals surface area contributed by atoms with E-state index in [0.717, 1.165) is 6.07 Å². The predicted molar refractivity (Wildman–Crippen MR) is 61.1 cm³/mol. The van der Waals surface area contributed by atoms with Gasteiger partial charge in [0.2, 0.25) is 5.91 Å². The number of hydrogen-bond acceptors (Lipinski definition) is 2. The number of hydrogen-bond donors (Lipinski definition) is 1. The molecule has 5 heteroatoms. The van der Waals surface area contributed by atoms with Gasteiger partial charge in [0.1, 0.15) is 12.4 Å². The van der Waals surface area contributed by atoms with Crippen molar-refractivity contribution in [2.24, 2.45) is 0 Å². The normalized spacial score (nSPS) is 10.6. The van der Waals surface area contributed by atoms with Gasteiger partial charge in [-0.2, -0.15) is 0 Å². The van der Waals surface area contributed by atoms with Crippen LogP contribution in [0.3, 0.4) is 0 Å². The van der Waals surface area contributed by atoms with E-state index >= 15 is 0 Å². The van der Waals surface area contributed by atoms with Crippen LogP contribution in [-0.4, -0.2) is 18.6 Å². The van der Waals surface area contributed by atoms with Gasteiger partial charge in [-0.15, -0.1) is 0 Å². The molecule has 1 aromatic rings. The zero-order chi connectivity index (χ0) is 12.1. The SMILES string of the molecule is CC(C)OCC(=O)Nc1ccc(Cl)c(F)c1. The summed E-state index contributed by atoms with van der Waals surface area (Å²) in [7, 11) is 0. The molecule has 1 aromatic carbocycles.